The maximum absolute atomic E-state index is 10.3. The van der Waals surface area contributed by atoms with E-state index in [1.54, 1.807) is 0 Å². The zero-order valence-corrected chi connectivity index (χ0v) is 14.2. The Morgan fingerprint density at radius 1 is 0.905 bits per heavy atom. The minimum absolute atomic E-state index is 0.314. The molecule has 0 aromatic heterocycles. The fraction of sp³-hybridized carbons (Fsp3) is 0.579. The van der Waals surface area contributed by atoms with Gasteiger partial charge in [0, 0.05) is 5.56 Å². The summed E-state index contributed by atoms with van der Waals surface area (Å²) in [6, 6.07) is 0. The minimum atomic E-state index is 0.314. The summed E-state index contributed by atoms with van der Waals surface area (Å²) >= 11 is 0. The molecule has 0 bridgehead atoms. The molecule has 0 aliphatic carbocycles. The second-order valence-electron chi connectivity index (χ2n) is 6.12. The summed E-state index contributed by atoms with van der Waals surface area (Å²) in [6.07, 6.45) is 9.08. The SMILES string of the molecule is CCCCCC/C(C)=C/Cc1c(C)c(O)c(C)c(C)c1O. The Labute approximate surface area is 129 Å². The quantitative estimate of drug-likeness (QED) is 0.396. The molecule has 0 aliphatic rings. The fourth-order valence-corrected chi connectivity index (χ4v) is 2.64. The van der Waals surface area contributed by atoms with Gasteiger partial charge in [0.1, 0.15) is 11.5 Å². The first-order valence-electron chi connectivity index (χ1n) is 8.06. The average Bonchev–Trinajstić information content (AvgIpc) is 2.47. The van der Waals surface area contributed by atoms with E-state index in [0.29, 0.717) is 17.9 Å². The van der Waals surface area contributed by atoms with Gasteiger partial charge in [-0.1, -0.05) is 37.8 Å². The van der Waals surface area contributed by atoms with E-state index in [1.807, 2.05) is 20.8 Å². The largest absolute Gasteiger partial charge is 0.507 e. The Morgan fingerprint density at radius 2 is 1.52 bits per heavy atom. The molecule has 0 unspecified atom stereocenters. The van der Waals surface area contributed by atoms with E-state index in [9.17, 15) is 10.2 Å². The third kappa shape index (κ3) is 4.52. The average molecular weight is 290 g/mol. The van der Waals surface area contributed by atoms with Gasteiger partial charge in [-0.05, 0) is 63.6 Å². The lowest BCUT2D eigenvalue weighted by Gasteiger charge is -2.15. The van der Waals surface area contributed by atoms with Crippen LogP contribution in [0.5, 0.6) is 11.5 Å². The van der Waals surface area contributed by atoms with Crippen LogP contribution in [0.25, 0.3) is 0 Å². The Balaban J connectivity index is 2.80. The van der Waals surface area contributed by atoms with E-state index in [0.717, 1.165) is 28.7 Å². The summed E-state index contributed by atoms with van der Waals surface area (Å²) in [4.78, 5) is 0. The van der Waals surface area contributed by atoms with E-state index in [1.165, 1.54) is 31.3 Å². The predicted octanol–water partition coefficient (Wildman–Crippen LogP) is 5.48. The molecule has 118 valence electrons. The van der Waals surface area contributed by atoms with Gasteiger partial charge in [0.2, 0.25) is 0 Å². The van der Waals surface area contributed by atoms with Crippen LogP contribution < -0.4 is 0 Å². The normalized spacial score (nSPS) is 12.0. The summed E-state index contributed by atoms with van der Waals surface area (Å²) in [5.41, 5.74) is 4.56. The van der Waals surface area contributed by atoms with Crippen LogP contribution in [0.15, 0.2) is 11.6 Å². The summed E-state index contributed by atoms with van der Waals surface area (Å²) in [5.74, 6) is 0.645. The molecule has 1 aromatic carbocycles. The predicted molar refractivity (Wildman–Crippen MR) is 90.2 cm³/mol. The highest BCUT2D eigenvalue weighted by molar-refractivity contribution is 5.57. The maximum atomic E-state index is 10.3. The molecule has 0 saturated carbocycles. The minimum Gasteiger partial charge on any atom is -0.507 e. The third-order valence-electron chi connectivity index (χ3n) is 4.45. The van der Waals surface area contributed by atoms with Crippen LogP contribution >= 0.6 is 0 Å². The Kier molecular flexibility index (Phi) is 6.80. The van der Waals surface area contributed by atoms with E-state index in [-0.39, 0.29) is 0 Å². The zero-order chi connectivity index (χ0) is 16.0. The van der Waals surface area contributed by atoms with Gasteiger partial charge in [-0.3, -0.25) is 0 Å². The molecule has 2 N–H and O–H groups in total. The van der Waals surface area contributed by atoms with Gasteiger partial charge in [-0.2, -0.15) is 0 Å². The highest BCUT2D eigenvalue weighted by atomic mass is 16.3. The van der Waals surface area contributed by atoms with Crippen molar-refractivity contribution < 1.29 is 10.2 Å². The van der Waals surface area contributed by atoms with Crippen molar-refractivity contribution in [3.05, 3.63) is 33.9 Å². The first-order valence-corrected chi connectivity index (χ1v) is 8.06. The van der Waals surface area contributed by atoms with E-state index in [2.05, 4.69) is 19.9 Å². The number of allylic oxidation sites excluding steroid dienone is 2. The van der Waals surface area contributed by atoms with Crippen molar-refractivity contribution in [3.8, 4) is 11.5 Å². The van der Waals surface area contributed by atoms with Crippen LogP contribution in [0.3, 0.4) is 0 Å². The third-order valence-corrected chi connectivity index (χ3v) is 4.45. The number of hydrogen-bond donors (Lipinski definition) is 2. The second-order valence-corrected chi connectivity index (χ2v) is 6.12. The number of phenols is 2. The summed E-state index contributed by atoms with van der Waals surface area (Å²) in [7, 11) is 0. The van der Waals surface area contributed by atoms with Crippen LogP contribution in [-0.4, -0.2) is 10.2 Å². The van der Waals surface area contributed by atoms with Gasteiger partial charge in [0.25, 0.3) is 0 Å². The Hall–Kier alpha value is -1.44. The smallest absolute Gasteiger partial charge is 0.122 e. The molecule has 0 spiro atoms. The Morgan fingerprint density at radius 3 is 2.14 bits per heavy atom. The number of unbranched alkanes of at least 4 members (excludes halogenated alkanes) is 3. The first kappa shape index (κ1) is 17.6. The molecule has 1 rings (SSSR count). The highest BCUT2D eigenvalue weighted by Gasteiger charge is 2.15. The van der Waals surface area contributed by atoms with Crippen LogP contribution in [-0.2, 0) is 6.42 Å². The molecule has 0 fully saturated rings. The van der Waals surface area contributed by atoms with E-state index in [4.69, 9.17) is 0 Å². The summed E-state index contributed by atoms with van der Waals surface area (Å²) in [6.45, 7) is 9.95. The van der Waals surface area contributed by atoms with E-state index < -0.39 is 0 Å². The monoisotopic (exact) mass is 290 g/mol. The van der Waals surface area contributed by atoms with Crippen molar-refractivity contribution in [2.24, 2.45) is 0 Å². The number of hydrogen-bond acceptors (Lipinski definition) is 2. The van der Waals surface area contributed by atoms with Gasteiger partial charge in [-0.25, -0.2) is 0 Å². The number of rotatable bonds is 7. The van der Waals surface area contributed by atoms with Gasteiger partial charge < -0.3 is 10.2 Å². The van der Waals surface area contributed by atoms with Crippen LogP contribution in [0, 0.1) is 20.8 Å². The van der Waals surface area contributed by atoms with E-state index >= 15 is 0 Å². The molecule has 0 amide bonds. The molecule has 0 aliphatic heterocycles. The van der Waals surface area contributed by atoms with Crippen molar-refractivity contribution >= 4 is 0 Å². The van der Waals surface area contributed by atoms with Crippen molar-refractivity contribution in [2.75, 3.05) is 0 Å². The second kappa shape index (κ2) is 8.11. The zero-order valence-electron chi connectivity index (χ0n) is 14.2. The lowest BCUT2D eigenvalue weighted by molar-refractivity contribution is 0.444. The highest BCUT2D eigenvalue weighted by Crippen LogP contribution is 2.36. The van der Waals surface area contributed by atoms with Crippen molar-refractivity contribution in [1.82, 2.24) is 0 Å². The van der Waals surface area contributed by atoms with Gasteiger partial charge in [-0.15, -0.1) is 0 Å². The lowest BCUT2D eigenvalue weighted by Crippen LogP contribution is -1.96. The molecular weight excluding hydrogens is 260 g/mol. The van der Waals surface area contributed by atoms with Crippen LogP contribution in [0.2, 0.25) is 0 Å². The molecule has 0 atom stereocenters. The molecule has 0 radical (unpaired) electrons. The molecule has 0 saturated heterocycles. The topological polar surface area (TPSA) is 40.5 Å². The van der Waals surface area contributed by atoms with Gasteiger partial charge in [0.05, 0.1) is 0 Å². The Bertz CT molecular complexity index is 484. The van der Waals surface area contributed by atoms with Crippen LogP contribution in [0.1, 0.15) is 68.2 Å². The fourth-order valence-electron chi connectivity index (χ4n) is 2.64. The lowest BCUT2D eigenvalue weighted by atomic mass is 9.94. The van der Waals surface area contributed by atoms with Crippen molar-refractivity contribution in [1.29, 1.82) is 0 Å². The van der Waals surface area contributed by atoms with Crippen molar-refractivity contribution in [3.63, 3.8) is 0 Å². The number of benzene rings is 1. The van der Waals surface area contributed by atoms with Crippen molar-refractivity contribution in [2.45, 2.75) is 73.1 Å². The number of phenolic OH excluding ortho intramolecular Hbond substituents is 2. The summed E-state index contributed by atoms with van der Waals surface area (Å²) in [5, 5.41) is 20.4. The number of aromatic hydroxyl groups is 2. The maximum Gasteiger partial charge on any atom is 0.122 e. The molecular formula is C19H30O2. The first-order chi connectivity index (χ1) is 9.90. The standard InChI is InChI=1S/C19H30O2/c1-6-7-8-9-10-13(2)11-12-17-16(5)18(20)14(3)15(4)19(17)21/h11,20-21H,6-10,12H2,1-5H3/b13-11+. The van der Waals surface area contributed by atoms with Crippen LogP contribution in [0.4, 0.5) is 0 Å². The van der Waals surface area contributed by atoms with Gasteiger partial charge >= 0.3 is 0 Å². The summed E-state index contributed by atoms with van der Waals surface area (Å²) < 4.78 is 0. The molecule has 1 aromatic rings. The molecule has 0 heterocycles. The molecule has 2 nitrogen and oxygen atoms in total. The molecule has 2 heteroatoms. The van der Waals surface area contributed by atoms with Gasteiger partial charge in [0.15, 0.2) is 0 Å². The molecule has 21 heavy (non-hydrogen) atoms.